The first-order valence-electron chi connectivity index (χ1n) is 9.92. The number of aliphatic hydroxyl groups excluding tert-OH is 1. The van der Waals surface area contributed by atoms with Gasteiger partial charge in [-0.2, -0.15) is 0 Å². The van der Waals surface area contributed by atoms with Gasteiger partial charge in [-0.3, -0.25) is 0 Å². The highest BCUT2D eigenvalue weighted by atomic mass is 16.7. The van der Waals surface area contributed by atoms with Crippen LogP contribution in [0.5, 0.6) is 11.5 Å². The summed E-state index contributed by atoms with van der Waals surface area (Å²) >= 11 is 0. The summed E-state index contributed by atoms with van der Waals surface area (Å²) in [5.74, 6) is 1.09. The molecule has 0 spiro atoms. The molecule has 2 aliphatic rings. The number of hydrogen-bond donors (Lipinski definition) is 1. The van der Waals surface area contributed by atoms with E-state index < -0.39 is 24.0 Å². The Morgan fingerprint density at radius 3 is 2.53 bits per heavy atom. The molecule has 2 heterocycles. The lowest BCUT2D eigenvalue weighted by Gasteiger charge is -2.37. The summed E-state index contributed by atoms with van der Waals surface area (Å²) in [4.78, 5) is 12.6. The standard InChI is InChI=1S/C24H26O6/c1-24(2)20(25)13-16-11-14(5-10-19(16)30-24)12-18-21(22(26)29-23(18)28-4)15-6-8-17(27-3)9-7-15/h5-11,20,23,25H,12-13H2,1-4H3/t20?,23-/m1/s1. The third-order valence-corrected chi connectivity index (χ3v) is 5.72. The van der Waals surface area contributed by atoms with Crippen molar-refractivity contribution < 1.29 is 28.8 Å². The number of aliphatic hydroxyl groups is 1. The van der Waals surface area contributed by atoms with Gasteiger partial charge >= 0.3 is 5.97 Å². The van der Waals surface area contributed by atoms with E-state index in [2.05, 4.69) is 0 Å². The first-order chi connectivity index (χ1) is 14.3. The van der Waals surface area contributed by atoms with Crippen LogP contribution in [0.1, 0.15) is 30.5 Å². The summed E-state index contributed by atoms with van der Waals surface area (Å²) in [6, 6.07) is 13.2. The molecule has 6 heteroatoms. The molecule has 4 rings (SSSR count). The number of fused-ring (bicyclic) bond motifs is 1. The van der Waals surface area contributed by atoms with Gasteiger partial charge in [0.15, 0.2) is 0 Å². The second-order valence-corrected chi connectivity index (χ2v) is 8.15. The van der Waals surface area contributed by atoms with Gasteiger partial charge in [0.2, 0.25) is 6.29 Å². The lowest BCUT2D eigenvalue weighted by atomic mass is 9.89. The number of carbonyl (C=O) groups is 1. The average Bonchev–Trinajstić information content (AvgIpc) is 3.04. The summed E-state index contributed by atoms with van der Waals surface area (Å²) in [5, 5.41) is 10.4. The van der Waals surface area contributed by atoms with E-state index in [0.717, 1.165) is 28.0 Å². The van der Waals surface area contributed by atoms with Gasteiger partial charge < -0.3 is 24.1 Å². The molecular formula is C24H26O6. The molecule has 0 radical (unpaired) electrons. The van der Waals surface area contributed by atoms with Crippen molar-refractivity contribution >= 4 is 11.5 Å². The molecule has 0 saturated heterocycles. The molecule has 158 valence electrons. The van der Waals surface area contributed by atoms with Crippen LogP contribution in [0, 0.1) is 0 Å². The van der Waals surface area contributed by atoms with Gasteiger partial charge in [0, 0.05) is 25.5 Å². The zero-order chi connectivity index (χ0) is 21.5. The molecule has 6 nitrogen and oxygen atoms in total. The third kappa shape index (κ3) is 3.68. The summed E-state index contributed by atoms with van der Waals surface area (Å²) in [7, 11) is 3.12. The summed E-state index contributed by atoms with van der Waals surface area (Å²) in [6.45, 7) is 3.76. The fourth-order valence-corrected chi connectivity index (χ4v) is 3.93. The van der Waals surface area contributed by atoms with E-state index in [4.69, 9.17) is 18.9 Å². The molecule has 0 saturated carbocycles. The molecule has 2 atom stereocenters. The Bertz CT molecular complexity index is 989. The van der Waals surface area contributed by atoms with E-state index >= 15 is 0 Å². The van der Waals surface area contributed by atoms with Crippen molar-refractivity contribution in [2.24, 2.45) is 0 Å². The first-order valence-corrected chi connectivity index (χ1v) is 9.92. The Morgan fingerprint density at radius 2 is 1.87 bits per heavy atom. The smallest absolute Gasteiger partial charge is 0.341 e. The van der Waals surface area contributed by atoms with Crippen molar-refractivity contribution in [3.63, 3.8) is 0 Å². The fraction of sp³-hybridized carbons (Fsp3) is 0.375. The molecule has 2 aromatic carbocycles. The lowest BCUT2D eigenvalue weighted by molar-refractivity contribution is -0.154. The number of benzene rings is 2. The second kappa shape index (κ2) is 7.78. The van der Waals surface area contributed by atoms with E-state index in [1.807, 2.05) is 56.3 Å². The zero-order valence-corrected chi connectivity index (χ0v) is 17.6. The Kier molecular flexibility index (Phi) is 5.30. The fourth-order valence-electron chi connectivity index (χ4n) is 3.93. The van der Waals surface area contributed by atoms with Crippen molar-refractivity contribution in [2.45, 2.75) is 44.7 Å². The SMILES string of the molecule is COc1ccc(C2=C(Cc3ccc4c(c3)CC(O)C(C)(C)O4)[C@H](OC)OC2=O)cc1. The van der Waals surface area contributed by atoms with Crippen molar-refractivity contribution in [1.29, 1.82) is 0 Å². The van der Waals surface area contributed by atoms with Crippen LogP contribution in [-0.4, -0.2) is 43.3 Å². The van der Waals surface area contributed by atoms with Crippen LogP contribution in [0.3, 0.4) is 0 Å². The van der Waals surface area contributed by atoms with E-state index in [-0.39, 0.29) is 0 Å². The van der Waals surface area contributed by atoms with E-state index in [0.29, 0.717) is 24.2 Å². The van der Waals surface area contributed by atoms with Crippen molar-refractivity contribution in [3.8, 4) is 11.5 Å². The maximum atomic E-state index is 12.6. The quantitative estimate of drug-likeness (QED) is 0.763. The number of hydrogen-bond acceptors (Lipinski definition) is 6. The number of carbonyl (C=O) groups excluding carboxylic acids is 1. The monoisotopic (exact) mass is 410 g/mol. The van der Waals surface area contributed by atoms with Crippen molar-refractivity contribution in [1.82, 2.24) is 0 Å². The molecule has 2 aliphatic heterocycles. The maximum Gasteiger partial charge on any atom is 0.341 e. The predicted octanol–water partition coefficient (Wildman–Crippen LogP) is 3.30. The molecule has 0 bridgehead atoms. The topological polar surface area (TPSA) is 74.2 Å². The summed E-state index contributed by atoms with van der Waals surface area (Å²) in [6.07, 6.45) is -0.314. The average molecular weight is 410 g/mol. The van der Waals surface area contributed by atoms with Gasteiger partial charge in [-0.25, -0.2) is 4.79 Å². The highest BCUT2D eigenvalue weighted by Gasteiger charge is 2.37. The van der Waals surface area contributed by atoms with Crippen LogP contribution in [0.2, 0.25) is 0 Å². The van der Waals surface area contributed by atoms with E-state index in [9.17, 15) is 9.90 Å². The minimum atomic E-state index is -0.730. The number of methoxy groups -OCH3 is 2. The molecule has 30 heavy (non-hydrogen) atoms. The third-order valence-electron chi connectivity index (χ3n) is 5.72. The van der Waals surface area contributed by atoms with E-state index in [1.165, 1.54) is 7.11 Å². The Balaban J connectivity index is 1.69. The van der Waals surface area contributed by atoms with E-state index in [1.54, 1.807) is 7.11 Å². The van der Waals surface area contributed by atoms with Gasteiger partial charge in [-0.15, -0.1) is 0 Å². The Labute approximate surface area is 176 Å². The normalized spacial score (nSPS) is 22.4. The molecular weight excluding hydrogens is 384 g/mol. The largest absolute Gasteiger partial charge is 0.497 e. The molecule has 1 unspecified atom stereocenters. The Morgan fingerprint density at radius 1 is 1.13 bits per heavy atom. The molecule has 0 aromatic heterocycles. The summed E-state index contributed by atoms with van der Waals surface area (Å²) < 4.78 is 22.0. The van der Waals surface area contributed by atoms with Crippen LogP contribution < -0.4 is 9.47 Å². The van der Waals surface area contributed by atoms with Gasteiger partial charge in [0.1, 0.15) is 17.1 Å². The molecule has 2 aromatic rings. The second-order valence-electron chi connectivity index (χ2n) is 8.15. The number of esters is 1. The van der Waals surface area contributed by atoms with Gasteiger partial charge in [0.05, 0.1) is 18.8 Å². The van der Waals surface area contributed by atoms with Crippen LogP contribution in [-0.2, 0) is 27.1 Å². The van der Waals surface area contributed by atoms with Crippen molar-refractivity contribution in [3.05, 3.63) is 64.7 Å². The van der Waals surface area contributed by atoms with Gasteiger partial charge in [0.25, 0.3) is 0 Å². The number of rotatable bonds is 5. The Hall–Kier alpha value is -2.83. The number of ether oxygens (including phenoxy) is 4. The van der Waals surface area contributed by atoms with Gasteiger partial charge in [-0.1, -0.05) is 24.3 Å². The predicted molar refractivity (Wildman–Crippen MR) is 111 cm³/mol. The highest BCUT2D eigenvalue weighted by molar-refractivity contribution is 6.19. The minimum absolute atomic E-state index is 0.402. The first kappa shape index (κ1) is 20.4. The molecule has 0 amide bonds. The minimum Gasteiger partial charge on any atom is -0.497 e. The molecule has 0 aliphatic carbocycles. The molecule has 1 N–H and O–H groups in total. The van der Waals surface area contributed by atoms with Crippen LogP contribution in [0.25, 0.3) is 5.57 Å². The lowest BCUT2D eigenvalue weighted by Crippen LogP contribution is -2.46. The van der Waals surface area contributed by atoms with Crippen molar-refractivity contribution in [2.75, 3.05) is 14.2 Å². The summed E-state index contributed by atoms with van der Waals surface area (Å²) in [5.41, 5.74) is 3.36. The van der Waals surface area contributed by atoms with Crippen LogP contribution in [0.15, 0.2) is 48.0 Å². The van der Waals surface area contributed by atoms with Gasteiger partial charge in [-0.05, 0) is 48.7 Å². The maximum absolute atomic E-state index is 12.6. The highest BCUT2D eigenvalue weighted by Crippen LogP contribution is 2.37. The number of cyclic esters (lactones) is 1. The molecule has 0 fully saturated rings. The van der Waals surface area contributed by atoms with Crippen LogP contribution >= 0.6 is 0 Å². The zero-order valence-electron chi connectivity index (χ0n) is 17.6. The van der Waals surface area contributed by atoms with Crippen LogP contribution in [0.4, 0.5) is 0 Å².